The summed E-state index contributed by atoms with van der Waals surface area (Å²) >= 11 is 0. The Morgan fingerprint density at radius 2 is 2.28 bits per heavy atom. The van der Waals surface area contributed by atoms with Gasteiger partial charge in [-0.3, -0.25) is 4.79 Å². The van der Waals surface area contributed by atoms with Crippen LogP contribution in [0, 0.1) is 5.82 Å². The average Bonchev–Trinajstić information content (AvgIpc) is 2.36. The Hall–Kier alpha value is -1.62. The lowest BCUT2D eigenvalue weighted by Crippen LogP contribution is -2.36. The van der Waals surface area contributed by atoms with Gasteiger partial charge in [-0.1, -0.05) is 13.0 Å². The van der Waals surface area contributed by atoms with Crippen molar-refractivity contribution in [1.29, 1.82) is 0 Å². The maximum absolute atomic E-state index is 13.4. The van der Waals surface area contributed by atoms with Gasteiger partial charge in [-0.05, 0) is 19.4 Å². The molecule has 3 N–H and O–H groups in total. The molecule has 1 rings (SSSR count). The lowest BCUT2D eigenvalue weighted by Gasteiger charge is -2.14. The molecule has 1 atom stereocenters. The lowest BCUT2D eigenvalue weighted by atomic mass is 10.2. The molecule has 0 aliphatic carbocycles. The fraction of sp³-hybridized carbons (Fsp3) is 0.462. The average molecular weight is 254 g/mol. The number of amides is 1. The van der Waals surface area contributed by atoms with Gasteiger partial charge in [0, 0.05) is 24.7 Å². The van der Waals surface area contributed by atoms with Gasteiger partial charge in [-0.2, -0.15) is 0 Å². The molecule has 18 heavy (non-hydrogen) atoms. The Morgan fingerprint density at radius 1 is 1.56 bits per heavy atom. The smallest absolute Gasteiger partial charge is 0.260 e. The molecule has 0 spiro atoms. The first-order valence-electron chi connectivity index (χ1n) is 6.01. The molecule has 4 nitrogen and oxygen atoms in total. The number of ether oxygens (including phenoxy) is 1. The number of nitrogens with two attached hydrogens (primary N) is 1. The van der Waals surface area contributed by atoms with Crippen LogP contribution in [0.4, 0.5) is 4.39 Å². The first-order chi connectivity index (χ1) is 8.58. The Labute approximate surface area is 106 Å². The number of carbonyl (C=O) groups is 1. The Kier molecular flexibility index (Phi) is 5.58. The van der Waals surface area contributed by atoms with Crippen molar-refractivity contribution in [1.82, 2.24) is 5.32 Å². The van der Waals surface area contributed by atoms with E-state index in [4.69, 9.17) is 10.5 Å². The third-order valence-electron chi connectivity index (χ3n) is 2.48. The van der Waals surface area contributed by atoms with E-state index in [1.165, 1.54) is 6.07 Å². The second kappa shape index (κ2) is 6.96. The standard InChI is InChI=1S/C13H19FN2O2/c1-3-6-16-13(17)9(2)18-11-5-4-10(8-15)12(14)7-11/h4-5,7,9H,3,6,8,15H2,1-2H3,(H,16,17). The number of hydrogen-bond acceptors (Lipinski definition) is 3. The molecule has 1 unspecified atom stereocenters. The maximum atomic E-state index is 13.4. The second-order valence-electron chi connectivity index (χ2n) is 4.01. The van der Waals surface area contributed by atoms with Crippen molar-refractivity contribution in [3.8, 4) is 5.75 Å². The molecule has 0 fully saturated rings. The van der Waals surface area contributed by atoms with E-state index in [1.54, 1.807) is 19.1 Å². The summed E-state index contributed by atoms with van der Waals surface area (Å²) in [7, 11) is 0. The zero-order chi connectivity index (χ0) is 13.5. The molecule has 1 aromatic carbocycles. The van der Waals surface area contributed by atoms with Crippen molar-refractivity contribution in [3.05, 3.63) is 29.6 Å². The quantitative estimate of drug-likeness (QED) is 0.810. The van der Waals surface area contributed by atoms with Crippen LogP contribution in [0.15, 0.2) is 18.2 Å². The van der Waals surface area contributed by atoms with E-state index in [2.05, 4.69) is 5.32 Å². The summed E-state index contributed by atoms with van der Waals surface area (Å²) in [6.45, 7) is 4.33. The summed E-state index contributed by atoms with van der Waals surface area (Å²) in [6, 6.07) is 4.40. The molecular weight excluding hydrogens is 235 g/mol. The van der Waals surface area contributed by atoms with Crippen LogP contribution in [0.5, 0.6) is 5.75 Å². The Morgan fingerprint density at radius 3 is 2.83 bits per heavy atom. The van der Waals surface area contributed by atoms with Gasteiger partial charge in [0.2, 0.25) is 0 Å². The predicted molar refractivity (Wildman–Crippen MR) is 67.7 cm³/mol. The molecule has 0 bridgehead atoms. The Bertz CT molecular complexity index is 410. The van der Waals surface area contributed by atoms with Crippen LogP contribution in [0.25, 0.3) is 0 Å². The van der Waals surface area contributed by atoms with Crippen LogP contribution < -0.4 is 15.8 Å². The van der Waals surface area contributed by atoms with E-state index in [1.807, 2.05) is 6.92 Å². The Balaban J connectivity index is 2.61. The molecule has 5 heteroatoms. The highest BCUT2D eigenvalue weighted by atomic mass is 19.1. The van der Waals surface area contributed by atoms with E-state index in [0.717, 1.165) is 6.42 Å². The number of hydrogen-bond donors (Lipinski definition) is 2. The third-order valence-corrected chi connectivity index (χ3v) is 2.48. The minimum absolute atomic E-state index is 0.138. The van der Waals surface area contributed by atoms with E-state index in [0.29, 0.717) is 17.9 Å². The number of rotatable bonds is 6. The normalized spacial score (nSPS) is 12.0. The zero-order valence-corrected chi connectivity index (χ0v) is 10.7. The van der Waals surface area contributed by atoms with E-state index >= 15 is 0 Å². The molecule has 0 aromatic heterocycles. The van der Waals surface area contributed by atoms with Crippen molar-refractivity contribution < 1.29 is 13.9 Å². The first-order valence-corrected chi connectivity index (χ1v) is 6.01. The summed E-state index contributed by atoms with van der Waals surface area (Å²) < 4.78 is 18.8. The van der Waals surface area contributed by atoms with Crippen molar-refractivity contribution in [3.63, 3.8) is 0 Å². The monoisotopic (exact) mass is 254 g/mol. The maximum Gasteiger partial charge on any atom is 0.260 e. The minimum Gasteiger partial charge on any atom is -0.481 e. The molecule has 1 aromatic rings. The number of carbonyl (C=O) groups excluding carboxylic acids is 1. The van der Waals surface area contributed by atoms with Gasteiger partial charge in [-0.25, -0.2) is 4.39 Å². The molecular formula is C13H19FN2O2. The van der Waals surface area contributed by atoms with Crippen molar-refractivity contribution in [2.45, 2.75) is 32.9 Å². The fourth-order valence-electron chi connectivity index (χ4n) is 1.42. The zero-order valence-electron chi connectivity index (χ0n) is 10.7. The largest absolute Gasteiger partial charge is 0.481 e. The van der Waals surface area contributed by atoms with Crippen LogP contribution in [0.1, 0.15) is 25.8 Å². The van der Waals surface area contributed by atoms with Crippen LogP contribution in [-0.2, 0) is 11.3 Å². The van der Waals surface area contributed by atoms with E-state index < -0.39 is 11.9 Å². The molecule has 1 amide bonds. The molecule has 0 saturated carbocycles. The summed E-state index contributed by atoms with van der Waals surface area (Å²) in [5.41, 5.74) is 5.78. The SMILES string of the molecule is CCCNC(=O)C(C)Oc1ccc(CN)c(F)c1. The highest BCUT2D eigenvalue weighted by Gasteiger charge is 2.14. The number of benzene rings is 1. The van der Waals surface area contributed by atoms with Gasteiger partial charge in [0.25, 0.3) is 5.91 Å². The van der Waals surface area contributed by atoms with Crippen LogP contribution >= 0.6 is 0 Å². The van der Waals surface area contributed by atoms with Crippen molar-refractivity contribution in [2.75, 3.05) is 6.54 Å². The number of halogens is 1. The summed E-state index contributed by atoms with van der Waals surface area (Å²) in [6.07, 6.45) is 0.206. The fourth-order valence-corrected chi connectivity index (χ4v) is 1.42. The molecule has 0 heterocycles. The molecule has 0 radical (unpaired) electrons. The van der Waals surface area contributed by atoms with Gasteiger partial charge in [-0.15, -0.1) is 0 Å². The summed E-state index contributed by atoms with van der Waals surface area (Å²) in [5.74, 6) is -0.305. The van der Waals surface area contributed by atoms with Crippen LogP contribution in [0.3, 0.4) is 0 Å². The summed E-state index contributed by atoms with van der Waals surface area (Å²) in [4.78, 5) is 11.6. The molecule has 0 aliphatic heterocycles. The highest BCUT2D eigenvalue weighted by molar-refractivity contribution is 5.80. The third kappa shape index (κ3) is 4.00. The van der Waals surface area contributed by atoms with E-state index in [9.17, 15) is 9.18 Å². The lowest BCUT2D eigenvalue weighted by molar-refractivity contribution is -0.127. The summed E-state index contributed by atoms with van der Waals surface area (Å²) in [5, 5.41) is 2.71. The van der Waals surface area contributed by atoms with Crippen molar-refractivity contribution in [2.24, 2.45) is 5.73 Å². The number of nitrogens with one attached hydrogen (secondary N) is 1. The van der Waals surface area contributed by atoms with Gasteiger partial charge in [0.05, 0.1) is 0 Å². The highest BCUT2D eigenvalue weighted by Crippen LogP contribution is 2.17. The van der Waals surface area contributed by atoms with Crippen LogP contribution in [0.2, 0.25) is 0 Å². The van der Waals surface area contributed by atoms with E-state index in [-0.39, 0.29) is 12.5 Å². The topological polar surface area (TPSA) is 64.3 Å². The van der Waals surface area contributed by atoms with Gasteiger partial charge < -0.3 is 15.8 Å². The van der Waals surface area contributed by atoms with Gasteiger partial charge >= 0.3 is 0 Å². The second-order valence-corrected chi connectivity index (χ2v) is 4.01. The predicted octanol–water partition coefficient (Wildman–Crippen LogP) is 1.58. The van der Waals surface area contributed by atoms with Gasteiger partial charge in [0.15, 0.2) is 6.10 Å². The minimum atomic E-state index is -0.653. The molecule has 0 aliphatic rings. The molecule has 100 valence electrons. The van der Waals surface area contributed by atoms with Crippen LogP contribution in [-0.4, -0.2) is 18.6 Å². The van der Waals surface area contributed by atoms with Crippen molar-refractivity contribution >= 4 is 5.91 Å². The van der Waals surface area contributed by atoms with Gasteiger partial charge in [0.1, 0.15) is 11.6 Å². The first kappa shape index (κ1) is 14.4. The molecule has 0 saturated heterocycles.